The molecule has 0 saturated carbocycles. The van der Waals surface area contributed by atoms with E-state index >= 15 is 0 Å². The SMILES string of the molecule is CCCCC(CC)C(=O)N1CCC2(CC1)SCCN2C(=O)c1ccc(C(F)(F)F)cc1. The summed E-state index contributed by atoms with van der Waals surface area (Å²) < 4.78 is 38.5. The average Bonchev–Trinajstić information content (AvgIpc) is 3.16. The zero-order chi connectivity index (χ0) is 22.6. The van der Waals surface area contributed by atoms with Gasteiger partial charge in [0.05, 0.1) is 10.4 Å². The molecule has 1 aromatic rings. The number of likely N-dealkylation sites (tertiary alicyclic amines) is 1. The fraction of sp³-hybridized carbons (Fsp3) is 0.652. The van der Waals surface area contributed by atoms with E-state index in [1.54, 1.807) is 11.8 Å². The van der Waals surface area contributed by atoms with Crippen LogP contribution in [0.15, 0.2) is 24.3 Å². The van der Waals surface area contributed by atoms with E-state index in [1.165, 1.54) is 12.1 Å². The summed E-state index contributed by atoms with van der Waals surface area (Å²) in [5.74, 6) is 0.853. The first kappa shape index (κ1) is 24.0. The summed E-state index contributed by atoms with van der Waals surface area (Å²) in [5.41, 5.74) is -0.478. The second-order valence-electron chi connectivity index (χ2n) is 8.40. The molecule has 1 spiro atoms. The van der Waals surface area contributed by atoms with Crippen molar-refractivity contribution in [1.29, 1.82) is 0 Å². The maximum Gasteiger partial charge on any atom is 0.416 e. The summed E-state index contributed by atoms with van der Waals surface area (Å²) in [5, 5.41) is 0. The van der Waals surface area contributed by atoms with Crippen LogP contribution in [-0.2, 0) is 11.0 Å². The van der Waals surface area contributed by atoms with Crippen LogP contribution in [0.1, 0.15) is 68.3 Å². The van der Waals surface area contributed by atoms with Crippen LogP contribution in [0.25, 0.3) is 0 Å². The Morgan fingerprint density at radius 2 is 1.74 bits per heavy atom. The summed E-state index contributed by atoms with van der Waals surface area (Å²) in [6, 6.07) is 4.46. The number of unbranched alkanes of at least 4 members (excludes halogenated alkanes) is 1. The highest BCUT2D eigenvalue weighted by molar-refractivity contribution is 8.00. The standard InChI is InChI=1S/C23H31F3N2O2S/c1-3-5-6-17(4-2)20(29)27-13-11-22(12-14-27)28(15-16-31-22)21(30)18-7-9-19(10-8-18)23(24,25)26/h7-10,17H,3-6,11-16H2,1-2H3. The molecule has 31 heavy (non-hydrogen) atoms. The zero-order valence-electron chi connectivity index (χ0n) is 18.2. The molecule has 1 aromatic carbocycles. The lowest BCUT2D eigenvalue weighted by Gasteiger charge is -2.44. The number of rotatable bonds is 6. The van der Waals surface area contributed by atoms with Crippen LogP contribution in [0.4, 0.5) is 13.2 Å². The molecule has 1 atom stereocenters. The lowest BCUT2D eigenvalue weighted by atomic mass is 9.95. The fourth-order valence-corrected chi connectivity index (χ4v) is 6.01. The number of hydrogen-bond donors (Lipinski definition) is 0. The Kier molecular flexibility index (Phi) is 7.60. The molecular weight excluding hydrogens is 425 g/mol. The third-order valence-corrected chi connectivity index (χ3v) is 8.04. The van der Waals surface area contributed by atoms with E-state index in [9.17, 15) is 22.8 Å². The van der Waals surface area contributed by atoms with E-state index in [1.807, 2.05) is 9.80 Å². The Labute approximate surface area is 186 Å². The normalized spacial score (nSPS) is 19.6. The number of piperidine rings is 1. The van der Waals surface area contributed by atoms with Crippen molar-refractivity contribution in [2.24, 2.45) is 5.92 Å². The van der Waals surface area contributed by atoms with Gasteiger partial charge < -0.3 is 9.80 Å². The van der Waals surface area contributed by atoms with Gasteiger partial charge in [0.25, 0.3) is 5.91 Å². The monoisotopic (exact) mass is 456 g/mol. The number of thioether (sulfide) groups is 1. The third kappa shape index (κ3) is 5.21. The number of hydrogen-bond acceptors (Lipinski definition) is 3. The molecule has 2 amide bonds. The number of benzene rings is 1. The van der Waals surface area contributed by atoms with Crippen molar-refractivity contribution in [1.82, 2.24) is 9.80 Å². The molecule has 0 aromatic heterocycles. The maximum absolute atomic E-state index is 13.1. The number of carbonyl (C=O) groups is 2. The van der Waals surface area contributed by atoms with Crippen molar-refractivity contribution in [2.45, 2.75) is 63.4 Å². The molecule has 2 fully saturated rings. The van der Waals surface area contributed by atoms with E-state index < -0.39 is 11.7 Å². The predicted octanol–water partition coefficient (Wildman–Crippen LogP) is 5.43. The van der Waals surface area contributed by atoms with Crippen molar-refractivity contribution >= 4 is 23.6 Å². The van der Waals surface area contributed by atoms with Crippen LogP contribution < -0.4 is 0 Å². The van der Waals surface area contributed by atoms with Gasteiger partial charge in [-0.3, -0.25) is 9.59 Å². The van der Waals surface area contributed by atoms with Crippen LogP contribution in [0.2, 0.25) is 0 Å². The van der Waals surface area contributed by atoms with Gasteiger partial charge in [0.1, 0.15) is 0 Å². The lowest BCUT2D eigenvalue weighted by Crippen LogP contribution is -2.54. The lowest BCUT2D eigenvalue weighted by molar-refractivity contribution is -0.138. The minimum atomic E-state index is -4.42. The van der Waals surface area contributed by atoms with Gasteiger partial charge in [-0.1, -0.05) is 26.7 Å². The Morgan fingerprint density at radius 3 is 2.29 bits per heavy atom. The van der Waals surface area contributed by atoms with Crippen molar-refractivity contribution in [3.63, 3.8) is 0 Å². The van der Waals surface area contributed by atoms with Crippen LogP contribution in [0.3, 0.4) is 0 Å². The summed E-state index contributed by atoms with van der Waals surface area (Å²) >= 11 is 1.73. The molecule has 2 heterocycles. The molecule has 0 radical (unpaired) electrons. The van der Waals surface area contributed by atoms with Gasteiger partial charge in [0, 0.05) is 36.9 Å². The van der Waals surface area contributed by atoms with Gasteiger partial charge in [0.15, 0.2) is 0 Å². The number of halogens is 3. The number of alkyl halides is 3. The Morgan fingerprint density at radius 1 is 1.10 bits per heavy atom. The largest absolute Gasteiger partial charge is 0.416 e. The molecule has 4 nitrogen and oxygen atoms in total. The average molecular weight is 457 g/mol. The molecule has 8 heteroatoms. The van der Waals surface area contributed by atoms with Crippen molar-refractivity contribution in [3.8, 4) is 0 Å². The van der Waals surface area contributed by atoms with Gasteiger partial charge in [-0.05, 0) is 49.9 Å². The Hall–Kier alpha value is -1.70. The molecule has 0 aliphatic carbocycles. The summed E-state index contributed by atoms with van der Waals surface area (Å²) in [6.07, 6.45) is 0.853. The number of amides is 2. The van der Waals surface area contributed by atoms with Gasteiger partial charge >= 0.3 is 6.18 Å². The second kappa shape index (κ2) is 9.84. The first-order chi connectivity index (χ1) is 14.7. The van der Waals surface area contributed by atoms with E-state index in [0.29, 0.717) is 32.5 Å². The van der Waals surface area contributed by atoms with Gasteiger partial charge in [0.2, 0.25) is 5.91 Å². The smallest absolute Gasteiger partial charge is 0.342 e. The summed E-state index contributed by atoms with van der Waals surface area (Å²) in [7, 11) is 0. The Balaban J connectivity index is 1.66. The van der Waals surface area contributed by atoms with Crippen molar-refractivity contribution < 1.29 is 22.8 Å². The first-order valence-electron chi connectivity index (χ1n) is 11.1. The molecule has 172 valence electrons. The van der Waals surface area contributed by atoms with Crippen LogP contribution in [0.5, 0.6) is 0 Å². The van der Waals surface area contributed by atoms with Crippen molar-refractivity contribution in [2.75, 3.05) is 25.4 Å². The highest BCUT2D eigenvalue weighted by atomic mass is 32.2. The van der Waals surface area contributed by atoms with Gasteiger partial charge in [-0.15, -0.1) is 11.8 Å². The highest BCUT2D eigenvalue weighted by Crippen LogP contribution is 2.45. The van der Waals surface area contributed by atoms with E-state index in [-0.39, 0.29) is 28.2 Å². The molecule has 2 aliphatic rings. The maximum atomic E-state index is 13.1. The molecule has 0 bridgehead atoms. The number of nitrogens with zero attached hydrogens (tertiary/aromatic N) is 2. The molecule has 0 N–H and O–H groups in total. The van der Waals surface area contributed by atoms with Crippen LogP contribution in [-0.4, -0.2) is 51.9 Å². The minimum Gasteiger partial charge on any atom is -0.342 e. The highest BCUT2D eigenvalue weighted by Gasteiger charge is 2.47. The second-order valence-corrected chi connectivity index (χ2v) is 9.86. The van der Waals surface area contributed by atoms with E-state index in [2.05, 4.69) is 13.8 Å². The third-order valence-electron chi connectivity index (χ3n) is 6.49. The first-order valence-corrected chi connectivity index (χ1v) is 12.1. The fourth-order valence-electron chi connectivity index (χ4n) is 4.55. The van der Waals surface area contributed by atoms with E-state index in [4.69, 9.17) is 0 Å². The van der Waals surface area contributed by atoms with Crippen LogP contribution >= 0.6 is 11.8 Å². The van der Waals surface area contributed by atoms with Crippen LogP contribution in [0, 0.1) is 5.92 Å². The zero-order valence-corrected chi connectivity index (χ0v) is 19.0. The molecule has 1 unspecified atom stereocenters. The van der Waals surface area contributed by atoms with Gasteiger partial charge in [-0.2, -0.15) is 13.2 Å². The Bertz CT molecular complexity index is 774. The minimum absolute atomic E-state index is 0.0649. The number of carbonyl (C=O) groups excluding carboxylic acids is 2. The topological polar surface area (TPSA) is 40.6 Å². The molecule has 3 rings (SSSR count). The quantitative estimate of drug-likeness (QED) is 0.573. The van der Waals surface area contributed by atoms with Crippen molar-refractivity contribution in [3.05, 3.63) is 35.4 Å². The molecule has 2 saturated heterocycles. The van der Waals surface area contributed by atoms with E-state index in [0.717, 1.165) is 43.6 Å². The van der Waals surface area contributed by atoms with Gasteiger partial charge in [-0.25, -0.2) is 0 Å². The summed E-state index contributed by atoms with van der Waals surface area (Å²) in [4.78, 5) is 29.4. The summed E-state index contributed by atoms with van der Waals surface area (Å²) in [6.45, 7) is 5.99. The molecule has 2 aliphatic heterocycles. The predicted molar refractivity (Wildman–Crippen MR) is 117 cm³/mol. The molecular formula is C23H31F3N2O2S.